The van der Waals surface area contributed by atoms with Gasteiger partial charge in [-0.15, -0.1) is 0 Å². The smallest absolute Gasteiger partial charge is 0.164 e. The van der Waals surface area contributed by atoms with E-state index in [1.54, 1.807) is 5.57 Å². The second-order valence-electron chi connectivity index (χ2n) is 14.4. The van der Waals surface area contributed by atoms with E-state index in [4.69, 9.17) is 29.9 Å². The van der Waals surface area contributed by atoms with Crippen LogP contribution in [0.2, 0.25) is 0 Å². The first-order chi connectivity index (χ1) is 26.2. The van der Waals surface area contributed by atoms with Crippen LogP contribution < -0.4 is 0 Å². The fourth-order valence-corrected chi connectivity index (χ4v) is 8.80. The van der Waals surface area contributed by atoms with Crippen molar-refractivity contribution in [2.24, 2.45) is 11.8 Å². The molecule has 0 saturated heterocycles. The Balaban J connectivity index is 1.10. The standard InChI is InChI=1S/C47H32N6/c1-4-13-29(14-5-1)41-48-42(30-15-6-2-7-16-30)51-45(50-41)34-23-32-19-10-11-22-38(32)39(26-34)46-52-43(31-17-8-3-9-18-31)49-44(53-46)33-20-12-21-37(25-33)47-27-35-24-36(28-47)40(35)47/h1-23,25-27,36,40H,24,28H2. The predicted molar refractivity (Wildman–Crippen MR) is 209 cm³/mol. The molecule has 11 rings (SSSR count). The lowest BCUT2D eigenvalue weighted by molar-refractivity contribution is -0.00529. The van der Waals surface area contributed by atoms with E-state index in [2.05, 4.69) is 78.9 Å². The molecule has 0 spiro atoms. The van der Waals surface area contributed by atoms with Gasteiger partial charge in [0.2, 0.25) is 0 Å². The average Bonchev–Trinajstić information content (AvgIpc) is 3.23. The SMILES string of the molecule is C1=C2CC3CC1(c1cccc(-c4nc(-c5ccccc5)nc(-c5cc(-c6nc(-c7ccccc7)nc(-c7ccccc7)n6)cc6ccccc56)n4)c1)C23. The first kappa shape index (κ1) is 30.0. The third kappa shape index (κ3) is 4.86. The maximum atomic E-state index is 5.25. The molecule has 3 aliphatic rings. The summed E-state index contributed by atoms with van der Waals surface area (Å²) in [6.45, 7) is 0. The minimum absolute atomic E-state index is 0.193. The fraction of sp³-hybridized carbons (Fsp3) is 0.106. The summed E-state index contributed by atoms with van der Waals surface area (Å²) in [4.78, 5) is 30.6. The van der Waals surface area contributed by atoms with Gasteiger partial charge < -0.3 is 0 Å². The first-order valence-electron chi connectivity index (χ1n) is 18.2. The minimum atomic E-state index is 0.193. The third-order valence-electron chi connectivity index (χ3n) is 11.4. The van der Waals surface area contributed by atoms with Gasteiger partial charge in [0.15, 0.2) is 34.9 Å². The van der Waals surface area contributed by atoms with Crippen LogP contribution in [-0.2, 0) is 5.41 Å². The van der Waals surface area contributed by atoms with E-state index in [1.807, 2.05) is 78.9 Å². The lowest BCUT2D eigenvalue weighted by Crippen LogP contribution is -2.64. The molecule has 2 fully saturated rings. The summed E-state index contributed by atoms with van der Waals surface area (Å²) >= 11 is 0. The Morgan fingerprint density at radius 2 is 0.943 bits per heavy atom. The third-order valence-corrected chi connectivity index (χ3v) is 11.4. The van der Waals surface area contributed by atoms with Gasteiger partial charge >= 0.3 is 0 Å². The highest BCUT2D eigenvalue weighted by molar-refractivity contribution is 5.98. The number of rotatable bonds is 7. The monoisotopic (exact) mass is 680 g/mol. The van der Waals surface area contributed by atoms with E-state index in [9.17, 15) is 0 Å². The zero-order valence-corrected chi connectivity index (χ0v) is 28.8. The number of fused-ring (bicyclic) bond motifs is 1. The van der Waals surface area contributed by atoms with Crippen LogP contribution >= 0.6 is 0 Å². The molecular weight excluding hydrogens is 649 g/mol. The number of nitrogens with zero attached hydrogens (tertiary/aromatic N) is 6. The maximum Gasteiger partial charge on any atom is 0.164 e. The van der Waals surface area contributed by atoms with Gasteiger partial charge in [-0.2, -0.15) is 0 Å². The summed E-state index contributed by atoms with van der Waals surface area (Å²) in [5.74, 6) is 5.31. The van der Waals surface area contributed by atoms with Gasteiger partial charge in [-0.05, 0) is 59.2 Å². The number of aromatic nitrogens is 6. The maximum absolute atomic E-state index is 5.25. The van der Waals surface area contributed by atoms with E-state index in [0.29, 0.717) is 34.9 Å². The van der Waals surface area contributed by atoms with E-state index >= 15 is 0 Å². The summed E-state index contributed by atoms with van der Waals surface area (Å²) < 4.78 is 0. The molecule has 0 radical (unpaired) electrons. The highest BCUT2D eigenvalue weighted by atomic mass is 15.0. The molecule has 6 aromatic carbocycles. The predicted octanol–water partition coefficient (Wildman–Crippen LogP) is 10.4. The van der Waals surface area contributed by atoms with Gasteiger partial charge in [0.1, 0.15) is 0 Å². The van der Waals surface area contributed by atoms with Crippen molar-refractivity contribution < 1.29 is 0 Å². The topological polar surface area (TPSA) is 77.3 Å². The van der Waals surface area contributed by atoms with Gasteiger partial charge in [0.25, 0.3) is 0 Å². The quantitative estimate of drug-likeness (QED) is 0.156. The minimum Gasteiger partial charge on any atom is -0.208 e. The zero-order valence-electron chi connectivity index (χ0n) is 28.8. The van der Waals surface area contributed by atoms with Crippen LogP contribution in [0.15, 0.2) is 163 Å². The number of allylic oxidation sites excluding steroid dienone is 2. The van der Waals surface area contributed by atoms with Crippen molar-refractivity contribution in [2.45, 2.75) is 18.3 Å². The molecular formula is C47H32N6. The molecule has 0 N–H and O–H groups in total. The molecule has 8 aromatic rings. The summed E-state index contributed by atoms with van der Waals surface area (Å²) in [6.07, 6.45) is 5.06. The molecule has 0 amide bonds. The van der Waals surface area contributed by atoms with Crippen molar-refractivity contribution in [3.05, 3.63) is 169 Å². The Hall–Kier alpha value is -6.66. The number of hydrogen-bond donors (Lipinski definition) is 0. The van der Waals surface area contributed by atoms with Crippen molar-refractivity contribution >= 4 is 10.8 Å². The van der Waals surface area contributed by atoms with Crippen molar-refractivity contribution in [1.29, 1.82) is 0 Å². The van der Waals surface area contributed by atoms with E-state index in [-0.39, 0.29) is 5.41 Å². The first-order valence-corrected chi connectivity index (χ1v) is 18.2. The Bertz CT molecular complexity index is 2690. The van der Waals surface area contributed by atoms with Crippen molar-refractivity contribution in [3.8, 4) is 68.3 Å². The van der Waals surface area contributed by atoms with Gasteiger partial charge in [0.05, 0.1) is 0 Å². The zero-order chi connectivity index (χ0) is 34.9. The van der Waals surface area contributed by atoms with Crippen molar-refractivity contribution in [1.82, 2.24) is 29.9 Å². The molecule has 6 nitrogen and oxygen atoms in total. The lowest BCUT2D eigenvalue weighted by Gasteiger charge is -2.70. The van der Waals surface area contributed by atoms with Gasteiger partial charge in [0, 0.05) is 38.8 Å². The molecule has 3 atom stereocenters. The summed E-state index contributed by atoms with van der Waals surface area (Å²) in [5, 5.41) is 2.08. The van der Waals surface area contributed by atoms with Crippen molar-refractivity contribution in [2.75, 3.05) is 0 Å². The summed E-state index contributed by atoms with van der Waals surface area (Å²) in [7, 11) is 0. The molecule has 2 heterocycles. The van der Waals surface area contributed by atoms with Crippen molar-refractivity contribution in [3.63, 3.8) is 0 Å². The largest absolute Gasteiger partial charge is 0.208 e. The second kappa shape index (κ2) is 11.7. The van der Waals surface area contributed by atoms with Crippen LogP contribution in [0, 0.1) is 11.8 Å². The Kier molecular flexibility index (Phi) is 6.62. The Labute approximate surface area is 307 Å². The average molecular weight is 681 g/mol. The Morgan fingerprint density at radius 1 is 0.434 bits per heavy atom. The fourth-order valence-electron chi connectivity index (χ4n) is 8.80. The molecule has 53 heavy (non-hydrogen) atoms. The number of benzene rings is 6. The van der Waals surface area contributed by atoms with Crippen LogP contribution in [0.5, 0.6) is 0 Å². The Morgan fingerprint density at radius 3 is 1.49 bits per heavy atom. The van der Waals surface area contributed by atoms with Crippen LogP contribution in [0.1, 0.15) is 18.4 Å². The van der Waals surface area contributed by atoms with Crippen LogP contribution in [0.25, 0.3) is 79.1 Å². The molecule has 0 aliphatic heterocycles. The van der Waals surface area contributed by atoms with Gasteiger partial charge in [-0.25, -0.2) is 29.9 Å². The number of hydrogen-bond acceptors (Lipinski definition) is 6. The van der Waals surface area contributed by atoms with Gasteiger partial charge in [-0.3, -0.25) is 0 Å². The lowest BCUT2D eigenvalue weighted by atomic mass is 9.34. The molecule has 2 saturated carbocycles. The summed E-state index contributed by atoms with van der Waals surface area (Å²) in [6, 6.07) is 51.8. The molecule has 0 bridgehead atoms. The van der Waals surface area contributed by atoms with Gasteiger partial charge in [-0.1, -0.05) is 145 Å². The van der Waals surface area contributed by atoms with Crippen LogP contribution in [-0.4, -0.2) is 29.9 Å². The molecule has 2 aromatic heterocycles. The molecule has 250 valence electrons. The van der Waals surface area contributed by atoms with E-state index < -0.39 is 0 Å². The molecule has 3 aliphatic carbocycles. The molecule has 6 heteroatoms. The highest BCUT2D eigenvalue weighted by Crippen LogP contribution is 2.73. The van der Waals surface area contributed by atoms with E-state index in [1.165, 1.54) is 18.4 Å². The molecule has 3 unspecified atom stereocenters. The normalized spacial score (nSPS) is 19.4. The summed E-state index contributed by atoms with van der Waals surface area (Å²) in [5.41, 5.74) is 8.74. The van der Waals surface area contributed by atoms with Crippen LogP contribution in [0.4, 0.5) is 0 Å². The van der Waals surface area contributed by atoms with Crippen LogP contribution in [0.3, 0.4) is 0 Å². The highest BCUT2D eigenvalue weighted by Gasteiger charge is 2.66. The van der Waals surface area contributed by atoms with E-state index in [0.717, 1.165) is 56.0 Å². The second-order valence-corrected chi connectivity index (χ2v) is 14.4.